The van der Waals surface area contributed by atoms with Crippen molar-refractivity contribution in [1.82, 2.24) is 4.98 Å². The molecule has 0 spiro atoms. The molecular weight excluding hydrogens is 424 g/mol. The van der Waals surface area contributed by atoms with Crippen LogP contribution in [0.5, 0.6) is 5.75 Å². The predicted molar refractivity (Wildman–Crippen MR) is 116 cm³/mol. The maximum Gasteiger partial charge on any atom is 0.387 e. The Morgan fingerprint density at radius 3 is 2.58 bits per heavy atom. The Balaban J connectivity index is 1.83. The van der Waals surface area contributed by atoms with Gasteiger partial charge in [-0.15, -0.1) is 0 Å². The standard InChI is InChI=1S/C23H20ClF2N3O2/c1-14-9-18(6-7-19(14)31-22(25)26)23(13-30-12-21(27)29-23)17-4-2-3-15(10-17)16-5-8-20(24)28-11-16/h2-11,22H,12-13H2,1H3,(H2,27,29). The average molecular weight is 444 g/mol. The first kappa shape index (κ1) is 21.2. The van der Waals surface area contributed by atoms with Crippen LogP contribution >= 0.6 is 11.6 Å². The van der Waals surface area contributed by atoms with Crippen molar-refractivity contribution in [1.29, 1.82) is 0 Å². The molecule has 0 amide bonds. The summed E-state index contributed by atoms with van der Waals surface area (Å²) in [5.74, 6) is 0.471. The smallest absolute Gasteiger partial charge is 0.387 e. The molecule has 0 saturated carbocycles. The van der Waals surface area contributed by atoms with Crippen LogP contribution in [0.3, 0.4) is 0 Å². The molecule has 0 saturated heterocycles. The number of rotatable bonds is 5. The van der Waals surface area contributed by atoms with Gasteiger partial charge in [-0.3, -0.25) is 4.99 Å². The number of nitrogens with zero attached hydrogens (tertiary/aromatic N) is 2. The normalized spacial score (nSPS) is 18.7. The first-order valence-electron chi connectivity index (χ1n) is 9.58. The molecule has 2 heterocycles. The first-order valence-corrected chi connectivity index (χ1v) is 9.95. The van der Waals surface area contributed by atoms with Crippen molar-refractivity contribution in [2.75, 3.05) is 13.2 Å². The van der Waals surface area contributed by atoms with Gasteiger partial charge in [0.2, 0.25) is 0 Å². The third-order valence-corrected chi connectivity index (χ3v) is 5.39. The first-order chi connectivity index (χ1) is 14.9. The van der Waals surface area contributed by atoms with Crippen LogP contribution in [0.15, 0.2) is 65.8 Å². The van der Waals surface area contributed by atoms with Crippen LogP contribution in [0.1, 0.15) is 16.7 Å². The summed E-state index contributed by atoms with van der Waals surface area (Å²) in [6, 6.07) is 16.4. The Bertz CT molecular complexity index is 1120. The summed E-state index contributed by atoms with van der Waals surface area (Å²) in [4.78, 5) is 8.93. The van der Waals surface area contributed by atoms with E-state index in [0.717, 1.165) is 22.3 Å². The number of benzene rings is 2. The zero-order chi connectivity index (χ0) is 22.0. The number of amidine groups is 1. The molecule has 2 N–H and O–H groups in total. The van der Waals surface area contributed by atoms with E-state index < -0.39 is 12.2 Å². The molecule has 0 radical (unpaired) electrons. The van der Waals surface area contributed by atoms with Crippen molar-refractivity contribution in [3.8, 4) is 16.9 Å². The third kappa shape index (κ3) is 4.38. The Morgan fingerprint density at radius 1 is 1.10 bits per heavy atom. The number of aliphatic imine (C=N–C) groups is 1. The topological polar surface area (TPSA) is 69.7 Å². The van der Waals surface area contributed by atoms with Crippen molar-refractivity contribution in [2.24, 2.45) is 10.7 Å². The van der Waals surface area contributed by atoms with E-state index in [1.807, 2.05) is 30.3 Å². The molecule has 4 rings (SSSR count). The molecule has 160 valence electrons. The minimum absolute atomic E-state index is 0.114. The molecule has 1 aliphatic rings. The van der Waals surface area contributed by atoms with Crippen LogP contribution in [0.4, 0.5) is 8.78 Å². The number of halogens is 3. The van der Waals surface area contributed by atoms with Gasteiger partial charge < -0.3 is 15.2 Å². The van der Waals surface area contributed by atoms with Crippen molar-refractivity contribution in [3.05, 3.63) is 82.6 Å². The number of aryl methyl sites for hydroxylation is 1. The van der Waals surface area contributed by atoms with Crippen LogP contribution in [0, 0.1) is 6.92 Å². The van der Waals surface area contributed by atoms with E-state index in [9.17, 15) is 8.78 Å². The van der Waals surface area contributed by atoms with Gasteiger partial charge in [-0.2, -0.15) is 8.78 Å². The minimum Gasteiger partial charge on any atom is -0.435 e. The Labute approximate surface area is 183 Å². The van der Waals surface area contributed by atoms with E-state index in [0.29, 0.717) is 16.6 Å². The molecule has 8 heteroatoms. The highest BCUT2D eigenvalue weighted by molar-refractivity contribution is 6.29. The van der Waals surface area contributed by atoms with Gasteiger partial charge in [0.15, 0.2) is 0 Å². The van der Waals surface area contributed by atoms with E-state index in [4.69, 9.17) is 27.1 Å². The van der Waals surface area contributed by atoms with Crippen LogP contribution in [-0.4, -0.2) is 30.6 Å². The summed E-state index contributed by atoms with van der Waals surface area (Å²) in [6.07, 6.45) is 1.70. The summed E-state index contributed by atoms with van der Waals surface area (Å²) in [5.41, 5.74) is 9.14. The number of hydrogen-bond acceptors (Lipinski definition) is 5. The zero-order valence-electron chi connectivity index (χ0n) is 16.7. The van der Waals surface area contributed by atoms with E-state index in [2.05, 4.69) is 9.72 Å². The zero-order valence-corrected chi connectivity index (χ0v) is 17.4. The van der Waals surface area contributed by atoms with Gasteiger partial charge in [-0.05, 0) is 59.5 Å². The monoisotopic (exact) mass is 443 g/mol. The lowest BCUT2D eigenvalue weighted by Gasteiger charge is -2.35. The second-order valence-corrected chi connectivity index (χ2v) is 7.65. The number of nitrogens with two attached hydrogens (primary N) is 1. The SMILES string of the molecule is Cc1cc(C2(c3cccc(-c4ccc(Cl)nc4)c3)COCC(N)=N2)ccc1OC(F)F. The van der Waals surface area contributed by atoms with Crippen molar-refractivity contribution in [3.63, 3.8) is 0 Å². The summed E-state index contributed by atoms with van der Waals surface area (Å²) in [6.45, 7) is -0.699. The lowest BCUT2D eigenvalue weighted by Crippen LogP contribution is -2.40. The summed E-state index contributed by atoms with van der Waals surface area (Å²) < 4.78 is 35.7. The number of aromatic nitrogens is 1. The van der Waals surface area contributed by atoms with E-state index >= 15 is 0 Å². The van der Waals surface area contributed by atoms with Gasteiger partial charge in [0.1, 0.15) is 28.9 Å². The number of alkyl halides is 2. The van der Waals surface area contributed by atoms with E-state index in [-0.39, 0.29) is 19.0 Å². The second kappa shape index (κ2) is 8.61. The van der Waals surface area contributed by atoms with Gasteiger partial charge >= 0.3 is 6.61 Å². The summed E-state index contributed by atoms with van der Waals surface area (Å²) in [5, 5.41) is 0.413. The molecule has 1 atom stereocenters. The quantitative estimate of drug-likeness (QED) is 0.567. The molecule has 31 heavy (non-hydrogen) atoms. The highest BCUT2D eigenvalue weighted by Crippen LogP contribution is 2.39. The number of ether oxygens (including phenoxy) is 2. The largest absolute Gasteiger partial charge is 0.435 e. The molecule has 0 fully saturated rings. The molecule has 3 aromatic rings. The predicted octanol–water partition coefficient (Wildman–Crippen LogP) is 4.94. The van der Waals surface area contributed by atoms with E-state index in [1.54, 1.807) is 31.3 Å². The van der Waals surface area contributed by atoms with Crippen LogP contribution in [-0.2, 0) is 10.3 Å². The maximum atomic E-state index is 12.7. The van der Waals surface area contributed by atoms with Crippen LogP contribution in [0.25, 0.3) is 11.1 Å². The Kier molecular flexibility index (Phi) is 5.89. The van der Waals surface area contributed by atoms with Crippen molar-refractivity contribution < 1.29 is 18.3 Å². The summed E-state index contributed by atoms with van der Waals surface area (Å²) >= 11 is 5.91. The molecule has 1 unspecified atom stereocenters. The summed E-state index contributed by atoms with van der Waals surface area (Å²) in [7, 11) is 0. The lowest BCUT2D eigenvalue weighted by molar-refractivity contribution is -0.0503. The Hall–Kier alpha value is -3.03. The molecule has 1 aliphatic heterocycles. The van der Waals surface area contributed by atoms with Crippen LogP contribution in [0.2, 0.25) is 5.15 Å². The minimum atomic E-state index is -2.89. The number of hydrogen-bond donors (Lipinski definition) is 1. The molecule has 5 nitrogen and oxygen atoms in total. The fraction of sp³-hybridized carbons (Fsp3) is 0.217. The van der Waals surface area contributed by atoms with Crippen molar-refractivity contribution in [2.45, 2.75) is 19.1 Å². The molecule has 0 bridgehead atoms. The second-order valence-electron chi connectivity index (χ2n) is 7.27. The van der Waals surface area contributed by atoms with Crippen molar-refractivity contribution >= 4 is 17.4 Å². The lowest BCUT2D eigenvalue weighted by atomic mass is 9.81. The van der Waals surface area contributed by atoms with Gasteiger partial charge in [0, 0.05) is 11.8 Å². The Morgan fingerprint density at radius 2 is 1.90 bits per heavy atom. The van der Waals surface area contributed by atoms with Gasteiger partial charge in [0.25, 0.3) is 0 Å². The molecule has 2 aromatic carbocycles. The van der Waals surface area contributed by atoms with E-state index in [1.165, 1.54) is 6.07 Å². The average Bonchev–Trinajstić information content (AvgIpc) is 2.75. The van der Waals surface area contributed by atoms with Crippen LogP contribution < -0.4 is 10.5 Å². The maximum absolute atomic E-state index is 12.7. The number of pyridine rings is 1. The highest BCUT2D eigenvalue weighted by atomic mass is 35.5. The fourth-order valence-corrected chi connectivity index (χ4v) is 3.82. The van der Waals surface area contributed by atoms with Gasteiger partial charge in [-0.1, -0.05) is 35.9 Å². The third-order valence-electron chi connectivity index (χ3n) is 5.16. The molecule has 0 aliphatic carbocycles. The van der Waals surface area contributed by atoms with Gasteiger partial charge in [0.05, 0.1) is 6.61 Å². The highest BCUT2D eigenvalue weighted by Gasteiger charge is 2.38. The van der Waals surface area contributed by atoms with Gasteiger partial charge in [-0.25, -0.2) is 4.98 Å². The fourth-order valence-electron chi connectivity index (χ4n) is 3.71. The molecule has 1 aromatic heterocycles. The molecular formula is C23H20ClF2N3O2.